The summed E-state index contributed by atoms with van der Waals surface area (Å²) >= 11 is 0. The van der Waals surface area contributed by atoms with Crippen LogP contribution < -0.4 is 10.6 Å². The molecule has 2 aliphatic rings. The van der Waals surface area contributed by atoms with Crippen LogP contribution in [0.15, 0.2) is 65.7 Å². The van der Waals surface area contributed by atoms with Crippen molar-refractivity contribution >= 4 is 23.1 Å². The van der Waals surface area contributed by atoms with Crippen LogP contribution in [0.2, 0.25) is 0 Å². The van der Waals surface area contributed by atoms with Crippen LogP contribution in [0.5, 0.6) is 0 Å². The molecular weight excluding hydrogens is 400 g/mol. The molecule has 168 valence electrons. The molecule has 2 aromatic carbocycles. The second-order valence-corrected chi connectivity index (χ2v) is 8.15. The molecule has 0 radical (unpaired) electrons. The predicted octanol–water partition coefficient (Wildman–Crippen LogP) is 4.06. The van der Waals surface area contributed by atoms with Gasteiger partial charge >= 0.3 is 0 Å². The molecule has 6 nitrogen and oxygen atoms in total. The van der Waals surface area contributed by atoms with Gasteiger partial charge < -0.3 is 20.3 Å². The van der Waals surface area contributed by atoms with Crippen molar-refractivity contribution in [1.82, 2.24) is 10.2 Å². The van der Waals surface area contributed by atoms with Gasteiger partial charge in [-0.05, 0) is 55.0 Å². The third-order valence-electron chi connectivity index (χ3n) is 5.82. The molecule has 2 aromatic rings. The van der Waals surface area contributed by atoms with Crippen LogP contribution in [-0.2, 0) is 16.1 Å². The van der Waals surface area contributed by atoms with Crippen LogP contribution in [0.3, 0.4) is 0 Å². The Morgan fingerprint density at radius 2 is 2.06 bits per heavy atom. The molecule has 0 saturated carbocycles. The van der Waals surface area contributed by atoms with Crippen molar-refractivity contribution in [3.63, 3.8) is 0 Å². The Bertz CT molecular complexity index is 965. The molecule has 1 fully saturated rings. The maximum absolute atomic E-state index is 12.3. The van der Waals surface area contributed by atoms with Crippen molar-refractivity contribution in [2.75, 3.05) is 31.6 Å². The molecule has 2 N–H and O–H groups in total. The molecule has 4 rings (SSSR count). The minimum absolute atomic E-state index is 0.0641. The van der Waals surface area contributed by atoms with Crippen LogP contribution >= 0.6 is 0 Å². The van der Waals surface area contributed by atoms with Crippen molar-refractivity contribution in [3.05, 3.63) is 71.8 Å². The van der Waals surface area contributed by atoms with Gasteiger partial charge in [-0.2, -0.15) is 0 Å². The first kappa shape index (κ1) is 22.1. The van der Waals surface area contributed by atoms with Gasteiger partial charge in [-0.15, -0.1) is 0 Å². The minimum Gasteiger partial charge on any atom is -0.368 e. The lowest BCUT2D eigenvalue weighted by molar-refractivity contribution is -0.124. The first-order chi connectivity index (χ1) is 15.7. The van der Waals surface area contributed by atoms with Gasteiger partial charge in [0, 0.05) is 31.9 Å². The molecule has 1 amide bonds. The second kappa shape index (κ2) is 11.0. The molecule has 0 aliphatic carbocycles. The third-order valence-corrected chi connectivity index (χ3v) is 5.82. The highest BCUT2D eigenvalue weighted by atomic mass is 16.5. The molecule has 1 saturated heterocycles. The van der Waals surface area contributed by atoms with Crippen molar-refractivity contribution in [3.8, 4) is 0 Å². The molecule has 2 heterocycles. The number of aliphatic imine (C=N–C) groups is 1. The van der Waals surface area contributed by atoms with E-state index >= 15 is 0 Å². The van der Waals surface area contributed by atoms with Gasteiger partial charge in [0.1, 0.15) is 6.10 Å². The average molecular weight is 433 g/mol. The van der Waals surface area contributed by atoms with E-state index in [1.807, 2.05) is 24.3 Å². The molecule has 32 heavy (non-hydrogen) atoms. The van der Waals surface area contributed by atoms with E-state index in [1.54, 1.807) is 0 Å². The van der Waals surface area contributed by atoms with Crippen LogP contribution in [0.25, 0.3) is 5.57 Å². The predicted molar refractivity (Wildman–Crippen MR) is 129 cm³/mol. The van der Waals surface area contributed by atoms with Crippen LogP contribution in [0.1, 0.15) is 37.3 Å². The highest BCUT2D eigenvalue weighted by molar-refractivity contribution is 5.94. The number of hydrogen-bond donors (Lipinski definition) is 2. The largest absolute Gasteiger partial charge is 0.368 e. The van der Waals surface area contributed by atoms with E-state index in [9.17, 15) is 4.79 Å². The lowest BCUT2D eigenvalue weighted by atomic mass is 10.00. The fourth-order valence-corrected chi connectivity index (χ4v) is 4.12. The van der Waals surface area contributed by atoms with E-state index < -0.39 is 0 Å². The number of benzene rings is 2. The molecule has 1 atom stereocenters. The zero-order valence-electron chi connectivity index (χ0n) is 18.7. The van der Waals surface area contributed by atoms with Gasteiger partial charge in [0.2, 0.25) is 0 Å². The summed E-state index contributed by atoms with van der Waals surface area (Å²) in [6.07, 6.45) is 4.70. The molecule has 6 heteroatoms. The summed E-state index contributed by atoms with van der Waals surface area (Å²) in [5, 5.41) is 6.40. The third kappa shape index (κ3) is 5.77. The Balaban J connectivity index is 1.39. The lowest BCUT2D eigenvalue weighted by Crippen LogP contribution is -2.43. The van der Waals surface area contributed by atoms with Crippen molar-refractivity contribution in [2.45, 2.75) is 38.8 Å². The van der Waals surface area contributed by atoms with E-state index in [0.29, 0.717) is 13.2 Å². The normalized spacial score (nSPS) is 18.9. The highest BCUT2D eigenvalue weighted by Gasteiger charge is 2.23. The number of nitrogens with zero attached hydrogens (tertiary/aromatic N) is 2. The zero-order chi connectivity index (χ0) is 22.2. The Morgan fingerprint density at radius 1 is 1.19 bits per heavy atom. The van der Waals surface area contributed by atoms with Crippen LogP contribution in [-0.4, -0.2) is 49.1 Å². The Hall–Kier alpha value is -3.12. The Morgan fingerprint density at radius 3 is 2.78 bits per heavy atom. The maximum Gasteiger partial charge on any atom is 0.253 e. The fraction of sp³-hybridized carbons (Fsp3) is 0.385. The minimum atomic E-state index is -0.329. The second-order valence-electron chi connectivity index (χ2n) is 8.15. The summed E-state index contributed by atoms with van der Waals surface area (Å²) in [7, 11) is 0. The number of rotatable bonds is 6. The summed E-state index contributed by atoms with van der Waals surface area (Å²) < 4.78 is 5.47. The highest BCUT2D eigenvalue weighted by Crippen LogP contribution is 2.22. The molecule has 0 aromatic heterocycles. The topological polar surface area (TPSA) is 66.0 Å². The van der Waals surface area contributed by atoms with Gasteiger partial charge in [0.25, 0.3) is 5.91 Å². The van der Waals surface area contributed by atoms with Gasteiger partial charge in [0.15, 0.2) is 5.96 Å². The zero-order valence-corrected chi connectivity index (χ0v) is 18.7. The van der Waals surface area contributed by atoms with Crippen molar-refractivity contribution < 1.29 is 9.53 Å². The monoisotopic (exact) mass is 432 g/mol. The Kier molecular flexibility index (Phi) is 7.56. The van der Waals surface area contributed by atoms with Crippen molar-refractivity contribution in [1.29, 1.82) is 0 Å². The first-order valence-electron chi connectivity index (χ1n) is 11.5. The van der Waals surface area contributed by atoms with E-state index in [-0.39, 0.29) is 12.0 Å². The number of anilines is 1. The van der Waals surface area contributed by atoms with E-state index in [4.69, 9.17) is 9.73 Å². The van der Waals surface area contributed by atoms with Crippen LogP contribution in [0, 0.1) is 0 Å². The number of guanidine groups is 1. The summed E-state index contributed by atoms with van der Waals surface area (Å²) in [4.78, 5) is 19.5. The quantitative estimate of drug-likeness (QED) is 0.534. The van der Waals surface area contributed by atoms with E-state index in [2.05, 4.69) is 58.9 Å². The smallest absolute Gasteiger partial charge is 0.253 e. The number of nitrogens with one attached hydrogen (secondary N) is 2. The fourth-order valence-electron chi connectivity index (χ4n) is 4.12. The van der Waals surface area contributed by atoms with E-state index in [0.717, 1.165) is 56.1 Å². The number of carbonyl (C=O) groups is 1. The number of hydrogen-bond acceptors (Lipinski definition) is 3. The van der Waals surface area contributed by atoms with E-state index in [1.165, 1.54) is 11.1 Å². The first-order valence-corrected chi connectivity index (χ1v) is 11.5. The number of carbonyl (C=O) groups excluding carboxylic acids is 1. The SMILES string of the molecule is CCNC(=NCc1cccc(NC(=O)C2CCCO2)c1)N1CC=C(c2ccccc2)CC1. The number of amides is 1. The summed E-state index contributed by atoms with van der Waals surface area (Å²) in [6.45, 7) is 5.90. The summed E-state index contributed by atoms with van der Waals surface area (Å²) in [5.41, 5.74) is 4.54. The average Bonchev–Trinajstić information content (AvgIpc) is 3.38. The molecule has 0 bridgehead atoms. The Labute approximate surface area is 190 Å². The van der Waals surface area contributed by atoms with Gasteiger partial charge in [-0.25, -0.2) is 4.99 Å². The number of ether oxygens (including phenoxy) is 1. The summed E-state index contributed by atoms with van der Waals surface area (Å²) in [6, 6.07) is 18.5. The molecular formula is C26H32N4O2. The maximum atomic E-state index is 12.3. The molecule has 2 aliphatic heterocycles. The standard InChI is InChI=1S/C26H32N4O2/c1-2-27-26(30-15-13-22(14-16-30)21-9-4-3-5-10-21)28-19-20-8-6-11-23(18-20)29-25(31)24-12-7-17-32-24/h3-6,8-11,13,18,24H,2,7,12,14-17,19H2,1H3,(H,27,28)(H,29,31). The van der Waals surface area contributed by atoms with Crippen molar-refractivity contribution in [2.24, 2.45) is 4.99 Å². The molecule has 1 unspecified atom stereocenters. The van der Waals surface area contributed by atoms with Crippen LogP contribution in [0.4, 0.5) is 5.69 Å². The molecule has 0 spiro atoms. The van der Waals surface area contributed by atoms with Gasteiger partial charge in [0.05, 0.1) is 6.54 Å². The van der Waals surface area contributed by atoms with Gasteiger partial charge in [-0.1, -0.05) is 48.5 Å². The van der Waals surface area contributed by atoms with Gasteiger partial charge in [-0.3, -0.25) is 4.79 Å². The summed E-state index contributed by atoms with van der Waals surface area (Å²) in [5.74, 6) is 0.857. The lowest BCUT2D eigenvalue weighted by Gasteiger charge is -2.30.